The Kier molecular flexibility index (Phi) is 7.83. The van der Waals surface area contributed by atoms with Crippen LogP contribution in [0.25, 0.3) is 0 Å². The predicted octanol–water partition coefficient (Wildman–Crippen LogP) is 2.75. The van der Waals surface area contributed by atoms with Gasteiger partial charge in [0.2, 0.25) is 0 Å². The van der Waals surface area contributed by atoms with E-state index >= 15 is 0 Å². The van der Waals surface area contributed by atoms with Crippen molar-refractivity contribution in [1.29, 1.82) is 0 Å². The molecule has 0 spiro atoms. The number of carbonyl (C=O) groups is 3. The van der Waals surface area contributed by atoms with Gasteiger partial charge in [-0.15, -0.1) is 0 Å². The molecule has 7 nitrogen and oxygen atoms in total. The molecule has 0 heterocycles. The number of carbonyl (C=O) groups excluding carboxylic acids is 2. The zero-order valence-electron chi connectivity index (χ0n) is 15.1. The van der Waals surface area contributed by atoms with Crippen molar-refractivity contribution < 1.29 is 29.0 Å². The highest BCUT2D eigenvalue weighted by Gasteiger charge is 2.38. The molecule has 7 heteroatoms. The monoisotopic (exact) mass is 363 g/mol. The fourth-order valence-electron chi connectivity index (χ4n) is 3.02. The largest absolute Gasteiger partial charge is 0.465 e. The molecular formula is C19H25NO6. The number of rotatable bonds is 9. The van der Waals surface area contributed by atoms with Gasteiger partial charge >= 0.3 is 18.0 Å². The van der Waals surface area contributed by atoms with Gasteiger partial charge in [-0.3, -0.25) is 0 Å². The number of esters is 2. The van der Waals surface area contributed by atoms with E-state index in [2.05, 4.69) is 18.5 Å². The maximum Gasteiger partial charge on any atom is 0.405 e. The van der Waals surface area contributed by atoms with Gasteiger partial charge in [0.05, 0.1) is 18.8 Å². The van der Waals surface area contributed by atoms with Crippen LogP contribution in [0.1, 0.15) is 26.7 Å². The van der Waals surface area contributed by atoms with Crippen LogP contribution < -0.4 is 5.32 Å². The molecule has 1 amide bonds. The SMILES string of the molecule is C=CC(=O)OCCC1=C(C)C=CC(C)(NC(=O)O)C1CCOC(=O)C=C. The third-order valence-electron chi connectivity index (χ3n) is 4.31. The van der Waals surface area contributed by atoms with Gasteiger partial charge < -0.3 is 19.9 Å². The Morgan fingerprint density at radius 3 is 2.35 bits per heavy atom. The average Bonchev–Trinajstić information content (AvgIpc) is 2.59. The second kappa shape index (κ2) is 9.60. The summed E-state index contributed by atoms with van der Waals surface area (Å²) in [6.07, 6.45) is 5.48. The molecule has 142 valence electrons. The van der Waals surface area contributed by atoms with Crippen LogP contribution >= 0.6 is 0 Å². The van der Waals surface area contributed by atoms with E-state index in [1.165, 1.54) is 0 Å². The molecule has 0 fully saturated rings. The van der Waals surface area contributed by atoms with Crippen LogP contribution in [-0.2, 0) is 19.1 Å². The number of hydrogen-bond acceptors (Lipinski definition) is 5. The quantitative estimate of drug-likeness (QED) is 0.482. The van der Waals surface area contributed by atoms with Crippen LogP contribution in [0.3, 0.4) is 0 Å². The molecule has 1 rings (SSSR count). The normalized spacial score (nSPS) is 21.7. The lowest BCUT2D eigenvalue weighted by Crippen LogP contribution is -2.51. The second-order valence-electron chi connectivity index (χ2n) is 6.09. The molecule has 2 N–H and O–H groups in total. The first-order valence-corrected chi connectivity index (χ1v) is 8.22. The van der Waals surface area contributed by atoms with E-state index in [9.17, 15) is 19.5 Å². The Balaban J connectivity index is 2.97. The van der Waals surface area contributed by atoms with Crippen LogP contribution in [-0.4, -0.2) is 41.9 Å². The fraction of sp³-hybridized carbons (Fsp3) is 0.421. The minimum atomic E-state index is -1.15. The van der Waals surface area contributed by atoms with Gasteiger partial charge in [-0.25, -0.2) is 14.4 Å². The highest BCUT2D eigenvalue weighted by molar-refractivity contribution is 5.81. The van der Waals surface area contributed by atoms with Crippen molar-refractivity contribution in [2.75, 3.05) is 13.2 Å². The topological polar surface area (TPSA) is 102 Å². The maximum absolute atomic E-state index is 11.3. The van der Waals surface area contributed by atoms with E-state index in [1.807, 2.05) is 13.0 Å². The van der Waals surface area contributed by atoms with Gasteiger partial charge in [0.25, 0.3) is 0 Å². The summed E-state index contributed by atoms with van der Waals surface area (Å²) in [6.45, 7) is 10.6. The van der Waals surface area contributed by atoms with Crippen molar-refractivity contribution in [2.45, 2.75) is 32.2 Å². The minimum absolute atomic E-state index is 0.115. The molecule has 1 aliphatic rings. The van der Waals surface area contributed by atoms with Crippen molar-refractivity contribution in [3.8, 4) is 0 Å². The summed E-state index contributed by atoms with van der Waals surface area (Å²) in [5.41, 5.74) is 1.03. The molecule has 2 unspecified atom stereocenters. The summed E-state index contributed by atoms with van der Waals surface area (Å²) >= 11 is 0. The predicted molar refractivity (Wildman–Crippen MR) is 96.4 cm³/mol. The van der Waals surface area contributed by atoms with Crippen LogP contribution in [0.15, 0.2) is 48.6 Å². The van der Waals surface area contributed by atoms with E-state index in [0.717, 1.165) is 23.3 Å². The summed E-state index contributed by atoms with van der Waals surface area (Å²) in [5.74, 6) is -1.31. The first kappa shape index (κ1) is 21.2. The Morgan fingerprint density at radius 2 is 1.81 bits per heavy atom. The van der Waals surface area contributed by atoms with Crippen LogP contribution in [0, 0.1) is 5.92 Å². The molecule has 0 aliphatic heterocycles. The van der Waals surface area contributed by atoms with Crippen molar-refractivity contribution in [3.63, 3.8) is 0 Å². The van der Waals surface area contributed by atoms with E-state index in [-0.39, 0.29) is 19.1 Å². The standard InChI is InChI=1S/C19H25NO6/c1-5-16(21)25-11-8-14-13(3)7-10-19(4,20-18(23)24)15(14)9-12-26-17(22)6-2/h5-7,10,15,20H,1-2,8-9,11-12H2,3-4H3,(H,23,24). The summed E-state index contributed by atoms with van der Waals surface area (Å²) in [6, 6.07) is 0. The highest BCUT2D eigenvalue weighted by atomic mass is 16.5. The Bertz CT molecular complexity index is 648. The summed E-state index contributed by atoms with van der Waals surface area (Å²) < 4.78 is 10.1. The molecular weight excluding hydrogens is 338 g/mol. The number of allylic oxidation sites excluding steroid dienone is 2. The molecule has 0 aromatic heterocycles. The molecule has 26 heavy (non-hydrogen) atoms. The van der Waals surface area contributed by atoms with Gasteiger partial charge in [0, 0.05) is 24.5 Å². The second-order valence-corrected chi connectivity index (χ2v) is 6.09. The zero-order valence-corrected chi connectivity index (χ0v) is 15.1. The number of ether oxygens (including phenoxy) is 2. The summed E-state index contributed by atoms with van der Waals surface area (Å²) in [5, 5.41) is 11.7. The van der Waals surface area contributed by atoms with Crippen LogP contribution in [0.4, 0.5) is 4.79 Å². The molecule has 0 radical (unpaired) electrons. The van der Waals surface area contributed by atoms with Crippen molar-refractivity contribution in [2.24, 2.45) is 5.92 Å². The fourth-order valence-corrected chi connectivity index (χ4v) is 3.02. The van der Waals surface area contributed by atoms with Crippen molar-refractivity contribution in [1.82, 2.24) is 5.32 Å². The van der Waals surface area contributed by atoms with E-state index < -0.39 is 23.6 Å². The Morgan fingerprint density at radius 1 is 1.23 bits per heavy atom. The average molecular weight is 363 g/mol. The molecule has 2 atom stereocenters. The number of carboxylic acid groups (broad SMARTS) is 1. The molecule has 0 aromatic rings. The molecule has 0 aromatic carbocycles. The van der Waals surface area contributed by atoms with E-state index in [1.54, 1.807) is 13.0 Å². The summed E-state index contributed by atoms with van der Waals surface area (Å²) in [4.78, 5) is 33.8. The van der Waals surface area contributed by atoms with Crippen molar-refractivity contribution >= 4 is 18.0 Å². The number of nitrogens with one attached hydrogen (secondary N) is 1. The first-order chi connectivity index (χ1) is 12.2. The molecule has 1 aliphatic carbocycles. The van der Waals surface area contributed by atoms with Gasteiger partial charge in [-0.1, -0.05) is 36.5 Å². The lowest BCUT2D eigenvalue weighted by atomic mass is 9.72. The first-order valence-electron chi connectivity index (χ1n) is 8.22. The van der Waals surface area contributed by atoms with E-state index in [4.69, 9.17) is 9.47 Å². The summed E-state index contributed by atoms with van der Waals surface area (Å²) in [7, 11) is 0. The molecule has 0 bridgehead atoms. The zero-order chi connectivity index (χ0) is 19.7. The highest BCUT2D eigenvalue weighted by Crippen LogP contribution is 2.37. The third kappa shape index (κ3) is 5.91. The number of amides is 1. The Labute approximate surface area is 153 Å². The lowest BCUT2D eigenvalue weighted by molar-refractivity contribution is -0.139. The van der Waals surface area contributed by atoms with Gasteiger partial charge in [0.1, 0.15) is 0 Å². The van der Waals surface area contributed by atoms with Gasteiger partial charge in [-0.05, 0) is 20.3 Å². The van der Waals surface area contributed by atoms with E-state index in [0.29, 0.717) is 12.8 Å². The van der Waals surface area contributed by atoms with Crippen molar-refractivity contribution in [3.05, 3.63) is 48.6 Å². The molecule has 0 saturated carbocycles. The molecule has 0 saturated heterocycles. The lowest BCUT2D eigenvalue weighted by Gasteiger charge is -2.40. The van der Waals surface area contributed by atoms with Crippen LogP contribution in [0.2, 0.25) is 0 Å². The van der Waals surface area contributed by atoms with Crippen LogP contribution in [0.5, 0.6) is 0 Å². The minimum Gasteiger partial charge on any atom is -0.465 e. The van der Waals surface area contributed by atoms with Gasteiger partial charge in [-0.2, -0.15) is 0 Å². The maximum atomic E-state index is 11.3. The smallest absolute Gasteiger partial charge is 0.405 e. The van der Waals surface area contributed by atoms with Gasteiger partial charge in [0.15, 0.2) is 0 Å². The third-order valence-corrected chi connectivity index (χ3v) is 4.31. The Hall–Kier alpha value is -2.83. The number of hydrogen-bond donors (Lipinski definition) is 2.